The predicted molar refractivity (Wildman–Crippen MR) is 85.2 cm³/mol. The van der Waals surface area contributed by atoms with Crippen molar-refractivity contribution in [3.05, 3.63) is 0 Å². The van der Waals surface area contributed by atoms with Crippen LogP contribution in [0.2, 0.25) is 0 Å². The third-order valence-corrected chi connectivity index (χ3v) is 3.08. The van der Waals surface area contributed by atoms with Crippen LogP contribution >= 0.6 is 12.4 Å². The lowest BCUT2D eigenvalue weighted by atomic mass is 10.2. The van der Waals surface area contributed by atoms with Crippen molar-refractivity contribution in [1.29, 1.82) is 0 Å². The first-order valence-corrected chi connectivity index (χ1v) is 7.72. The van der Waals surface area contributed by atoms with E-state index >= 15 is 0 Å². The molecule has 0 saturated heterocycles. The summed E-state index contributed by atoms with van der Waals surface area (Å²) in [5, 5.41) is 9.95. The van der Waals surface area contributed by atoms with Crippen molar-refractivity contribution in [1.82, 2.24) is 4.90 Å². The molecule has 1 atom stereocenters. The minimum absolute atomic E-state index is 0. The van der Waals surface area contributed by atoms with Crippen LogP contribution in [0.15, 0.2) is 0 Å². The highest BCUT2D eigenvalue weighted by atomic mass is 35.5. The average molecular weight is 296 g/mol. The maximum Gasteiger partial charge on any atom is 0.0900 e. The molecule has 0 aliphatic heterocycles. The van der Waals surface area contributed by atoms with E-state index < -0.39 is 0 Å². The van der Waals surface area contributed by atoms with Gasteiger partial charge in [0.1, 0.15) is 0 Å². The Balaban J connectivity index is 0. The highest BCUT2D eigenvalue weighted by Crippen LogP contribution is 2.01. The fraction of sp³-hybridized carbons (Fsp3) is 1.00. The smallest absolute Gasteiger partial charge is 0.0900 e. The van der Waals surface area contributed by atoms with E-state index in [2.05, 4.69) is 25.7 Å². The molecule has 0 bridgehead atoms. The molecular weight excluding hydrogens is 262 g/mol. The summed E-state index contributed by atoms with van der Waals surface area (Å²) in [5.74, 6) is 0. The minimum Gasteiger partial charge on any atom is -0.389 e. The summed E-state index contributed by atoms with van der Waals surface area (Å²) in [6.07, 6.45) is 6.75. The van der Waals surface area contributed by atoms with E-state index in [1.807, 2.05) is 0 Å². The molecule has 0 aromatic rings. The van der Waals surface area contributed by atoms with Crippen LogP contribution in [-0.4, -0.2) is 49.0 Å². The van der Waals surface area contributed by atoms with Crippen LogP contribution in [0.5, 0.6) is 0 Å². The Bertz CT molecular complexity index is 162. The Kier molecular flexibility index (Phi) is 18.3. The molecule has 0 aliphatic carbocycles. The average Bonchev–Trinajstić information content (AvgIpc) is 2.38. The lowest BCUT2D eigenvalue weighted by molar-refractivity contribution is 0.0154. The summed E-state index contributed by atoms with van der Waals surface area (Å²) in [6, 6.07) is 0. The Morgan fingerprint density at radius 2 is 1.47 bits per heavy atom. The third kappa shape index (κ3) is 14.4. The van der Waals surface area contributed by atoms with Gasteiger partial charge in [0.05, 0.1) is 12.7 Å². The van der Waals surface area contributed by atoms with Crippen molar-refractivity contribution in [3.8, 4) is 0 Å². The number of ether oxygens (including phenoxy) is 1. The van der Waals surface area contributed by atoms with Crippen molar-refractivity contribution in [2.24, 2.45) is 0 Å². The molecule has 0 aliphatic rings. The van der Waals surface area contributed by atoms with Gasteiger partial charge in [0.2, 0.25) is 0 Å². The number of rotatable bonds is 13. The van der Waals surface area contributed by atoms with Gasteiger partial charge in [0.25, 0.3) is 0 Å². The lowest BCUT2D eigenvalue weighted by Gasteiger charge is -2.24. The predicted octanol–water partition coefficient (Wildman–Crippen LogP) is 3.49. The molecule has 0 amide bonds. The number of aliphatic hydroxyl groups excluding tert-OH is 1. The second kappa shape index (κ2) is 16.2. The molecule has 0 aromatic carbocycles. The normalized spacial score (nSPS) is 12.5. The van der Waals surface area contributed by atoms with E-state index in [1.165, 1.54) is 25.7 Å². The van der Waals surface area contributed by atoms with Crippen LogP contribution in [0.25, 0.3) is 0 Å². The molecule has 0 heterocycles. The minimum atomic E-state index is -0.337. The molecule has 118 valence electrons. The van der Waals surface area contributed by atoms with Crippen LogP contribution < -0.4 is 0 Å². The molecule has 0 aromatic heterocycles. The van der Waals surface area contributed by atoms with Crippen molar-refractivity contribution >= 4 is 12.4 Å². The van der Waals surface area contributed by atoms with E-state index in [1.54, 1.807) is 0 Å². The molecule has 0 rings (SSSR count). The van der Waals surface area contributed by atoms with Gasteiger partial charge in [-0.3, -0.25) is 0 Å². The summed E-state index contributed by atoms with van der Waals surface area (Å²) < 4.78 is 5.47. The molecule has 0 saturated carbocycles. The van der Waals surface area contributed by atoms with Gasteiger partial charge in [0, 0.05) is 13.2 Å². The number of hydrogen-bond acceptors (Lipinski definition) is 3. The molecule has 0 spiro atoms. The molecule has 1 unspecified atom stereocenters. The van der Waals surface area contributed by atoms with E-state index in [4.69, 9.17) is 4.74 Å². The maximum atomic E-state index is 9.95. The zero-order valence-electron chi connectivity index (χ0n) is 13.1. The largest absolute Gasteiger partial charge is 0.389 e. The van der Waals surface area contributed by atoms with Gasteiger partial charge in [0.15, 0.2) is 0 Å². The van der Waals surface area contributed by atoms with Crippen molar-refractivity contribution in [2.75, 3.05) is 32.8 Å². The summed E-state index contributed by atoms with van der Waals surface area (Å²) in [6.45, 7) is 10.8. The first-order chi connectivity index (χ1) is 8.74. The number of hydrogen-bond donors (Lipinski definition) is 1. The van der Waals surface area contributed by atoms with Gasteiger partial charge in [-0.05, 0) is 32.4 Å². The van der Waals surface area contributed by atoms with Crippen molar-refractivity contribution in [2.45, 2.75) is 65.4 Å². The second-order valence-corrected chi connectivity index (χ2v) is 5.09. The van der Waals surface area contributed by atoms with Gasteiger partial charge in [-0.15, -0.1) is 12.4 Å². The number of halogens is 1. The summed E-state index contributed by atoms with van der Waals surface area (Å²) in [7, 11) is 0. The number of unbranched alkanes of at least 4 members (excludes halogenated alkanes) is 3. The molecule has 19 heavy (non-hydrogen) atoms. The Hall–Kier alpha value is 0.170. The lowest BCUT2D eigenvalue weighted by Crippen LogP contribution is -2.36. The van der Waals surface area contributed by atoms with Gasteiger partial charge < -0.3 is 14.7 Å². The van der Waals surface area contributed by atoms with Crippen molar-refractivity contribution in [3.63, 3.8) is 0 Å². The van der Waals surface area contributed by atoms with Crippen LogP contribution in [0.3, 0.4) is 0 Å². The monoisotopic (exact) mass is 295 g/mol. The summed E-state index contributed by atoms with van der Waals surface area (Å²) in [5.41, 5.74) is 0. The van der Waals surface area contributed by atoms with Crippen molar-refractivity contribution < 1.29 is 9.84 Å². The van der Waals surface area contributed by atoms with E-state index in [0.717, 1.165) is 39.1 Å². The highest BCUT2D eigenvalue weighted by Gasteiger charge is 2.11. The van der Waals surface area contributed by atoms with Crippen LogP contribution in [0, 0.1) is 0 Å². The maximum absolute atomic E-state index is 9.95. The number of aliphatic hydroxyl groups is 1. The zero-order valence-corrected chi connectivity index (χ0v) is 13.9. The molecular formula is C15H34ClNO2. The first kappa shape index (κ1) is 21.5. The molecule has 0 radical (unpaired) electrons. The van der Waals surface area contributed by atoms with Gasteiger partial charge in [-0.1, -0.05) is 40.0 Å². The number of nitrogens with zero attached hydrogens (tertiary/aromatic N) is 1. The second-order valence-electron chi connectivity index (χ2n) is 5.09. The van der Waals surface area contributed by atoms with Gasteiger partial charge in [-0.25, -0.2) is 0 Å². The molecule has 1 N–H and O–H groups in total. The summed E-state index contributed by atoms with van der Waals surface area (Å²) in [4.78, 5) is 2.38. The van der Waals surface area contributed by atoms with E-state index in [0.29, 0.717) is 6.61 Å². The van der Waals surface area contributed by atoms with Gasteiger partial charge in [-0.2, -0.15) is 0 Å². The van der Waals surface area contributed by atoms with E-state index in [9.17, 15) is 5.11 Å². The molecule has 0 fully saturated rings. The van der Waals surface area contributed by atoms with Crippen LogP contribution in [-0.2, 0) is 4.74 Å². The first-order valence-electron chi connectivity index (χ1n) is 7.72. The Morgan fingerprint density at radius 3 is 1.95 bits per heavy atom. The summed E-state index contributed by atoms with van der Waals surface area (Å²) >= 11 is 0. The Labute approximate surface area is 126 Å². The topological polar surface area (TPSA) is 32.7 Å². The molecule has 3 nitrogen and oxygen atoms in total. The van der Waals surface area contributed by atoms with Crippen LogP contribution in [0.4, 0.5) is 0 Å². The quantitative estimate of drug-likeness (QED) is 0.528. The molecule has 4 heteroatoms. The van der Waals surface area contributed by atoms with Gasteiger partial charge >= 0.3 is 0 Å². The SMILES string of the molecule is CCCCOCC(O)CN(CCCC)CCCC.Cl. The van der Waals surface area contributed by atoms with E-state index in [-0.39, 0.29) is 18.5 Å². The fourth-order valence-corrected chi connectivity index (χ4v) is 1.87. The standard InChI is InChI=1S/C15H33NO2.ClH/c1-4-7-10-16(11-8-5-2)13-15(17)14-18-12-9-6-3;/h15,17H,4-14H2,1-3H3;1H. The Morgan fingerprint density at radius 1 is 0.947 bits per heavy atom. The fourth-order valence-electron chi connectivity index (χ4n) is 1.87. The highest BCUT2D eigenvalue weighted by molar-refractivity contribution is 5.85. The zero-order chi connectivity index (χ0) is 13.6. The third-order valence-electron chi connectivity index (χ3n) is 3.08. The van der Waals surface area contributed by atoms with Crippen LogP contribution in [0.1, 0.15) is 59.3 Å².